The number of rotatable bonds is 5. The van der Waals surface area contributed by atoms with E-state index in [9.17, 15) is 4.79 Å². The Bertz CT molecular complexity index is 680. The molecule has 0 bridgehead atoms. The molecule has 0 radical (unpaired) electrons. The van der Waals surface area contributed by atoms with E-state index in [0.29, 0.717) is 12.2 Å². The van der Waals surface area contributed by atoms with Crippen LogP contribution in [0.4, 0.5) is 16.2 Å². The Kier molecular flexibility index (Phi) is 5.26. The Balaban J connectivity index is 1.81. The maximum atomic E-state index is 11.5. The van der Waals surface area contributed by atoms with Crippen LogP contribution in [0, 0.1) is 0 Å². The van der Waals surface area contributed by atoms with Gasteiger partial charge >= 0.3 is 6.09 Å². The third kappa shape index (κ3) is 5.02. The second-order valence-corrected chi connectivity index (χ2v) is 6.31. The number of carbonyl (C=O) groups is 1. The predicted octanol–water partition coefficient (Wildman–Crippen LogP) is 3.14. The van der Waals surface area contributed by atoms with Crippen molar-refractivity contribution >= 4 is 28.4 Å². The minimum atomic E-state index is -0.474. The van der Waals surface area contributed by atoms with Crippen LogP contribution in [0.3, 0.4) is 0 Å². The third-order valence-electron chi connectivity index (χ3n) is 3.14. The number of hydrogen-bond acceptors (Lipinski definition) is 5. The van der Waals surface area contributed by atoms with E-state index in [0.717, 1.165) is 29.6 Å². The number of para-hydroxylation sites is 1. The highest BCUT2D eigenvalue weighted by Crippen LogP contribution is 2.25. The molecule has 0 aliphatic carbocycles. The molecule has 0 fully saturated rings. The molecule has 23 heavy (non-hydrogen) atoms. The largest absolute Gasteiger partial charge is 0.444 e. The molecule has 1 aromatic heterocycles. The second-order valence-electron chi connectivity index (χ2n) is 6.31. The van der Waals surface area contributed by atoms with Crippen molar-refractivity contribution in [2.75, 3.05) is 24.1 Å². The molecule has 0 saturated carbocycles. The second kappa shape index (κ2) is 7.17. The first kappa shape index (κ1) is 16.9. The Morgan fingerprint density at radius 1 is 1.26 bits per heavy atom. The first-order valence-electron chi connectivity index (χ1n) is 7.71. The lowest BCUT2D eigenvalue weighted by Gasteiger charge is -2.19. The van der Waals surface area contributed by atoms with Crippen molar-refractivity contribution in [2.45, 2.75) is 32.8 Å². The lowest BCUT2D eigenvalue weighted by Crippen LogP contribution is -2.33. The van der Waals surface area contributed by atoms with Gasteiger partial charge in [-0.3, -0.25) is 4.98 Å². The maximum absolute atomic E-state index is 11.5. The zero-order valence-electron chi connectivity index (χ0n) is 13.8. The summed E-state index contributed by atoms with van der Waals surface area (Å²) in [5.74, 6) is 0. The molecular weight excluding hydrogens is 292 g/mol. The summed E-state index contributed by atoms with van der Waals surface area (Å²) in [6, 6.07) is 7.65. The van der Waals surface area contributed by atoms with Gasteiger partial charge in [-0.2, -0.15) is 0 Å². The van der Waals surface area contributed by atoms with Crippen LogP contribution >= 0.6 is 0 Å². The van der Waals surface area contributed by atoms with Gasteiger partial charge in [-0.05, 0) is 39.3 Å². The van der Waals surface area contributed by atoms with Crippen molar-refractivity contribution in [3.05, 3.63) is 30.5 Å². The van der Waals surface area contributed by atoms with Crippen molar-refractivity contribution in [3.8, 4) is 0 Å². The number of hydrogen-bond donors (Lipinski definition) is 3. The standard InChI is InChI=1S/C17H24N4O2/c1-17(2,3)23-16(22)21-10-5-9-19-14-8-11-20-15-12(14)6-4-7-13(15)18/h4,6-8,11H,5,9-10,18H2,1-3H3,(H,19,20)(H,21,22). The number of fused-ring (bicyclic) bond motifs is 1. The number of aromatic nitrogens is 1. The Morgan fingerprint density at radius 3 is 2.78 bits per heavy atom. The van der Waals surface area contributed by atoms with Crippen molar-refractivity contribution in [3.63, 3.8) is 0 Å². The van der Waals surface area contributed by atoms with Crippen LogP contribution in [0.2, 0.25) is 0 Å². The fourth-order valence-corrected chi connectivity index (χ4v) is 2.17. The summed E-state index contributed by atoms with van der Waals surface area (Å²) >= 11 is 0. The van der Waals surface area contributed by atoms with Crippen LogP contribution in [0.5, 0.6) is 0 Å². The first-order valence-corrected chi connectivity index (χ1v) is 7.71. The van der Waals surface area contributed by atoms with E-state index in [1.54, 1.807) is 6.20 Å². The van der Waals surface area contributed by atoms with E-state index in [-0.39, 0.29) is 6.09 Å². The number of pyridine rings is 1. The van der Waals surface area contributed by atoms with E-state index in [4.69, 9.17) is 10.5 Å². The van der Waals surface area contributed by atoms with E-state index in [1.165, 1.54) is 0 Å². The molecule has 2 aromatic rings. The number of amides is 1. The Labute approximate surface area is 136 Å². The highest BCUT2D eigenvalue weighted by atomic mass is 16.6. The molecule has 0 spiro atoms. The number of nitrogens with one attached hydrogen (secondary N) is 2. The molecule has 1 amide bonds. The van der Waals surface area contributed by atoms with Crippen molar-refractivity contribution in [1.29, 1.82) is 0 Å². The van der Waals surface area contributed by atoms with E-state index in [2.05, 4.69) is 15.6 Å². The number of nitrogens with two attached hydrogens (primary N) is 1. The fourth-order valence-electron chi connectivity index (χ4n) is 2.17. The zero-order valence-corrected chi connectivity index (χ0v) is 13.8. The van der Waals surface area contributed by atoms with Gasteiger partial charge in [0.15, 0.2) is 0 Å². The predicted molar refractivity (Wildman–Crippen MR) is 93.5 cm³/mol. The summed E-state index contributed by atoms with van der Waals surface area (Å²) in [6.07, 6.45) is 2.13. The zero-order chi connectivity index (χ0) is 16.9. The average molecular weight is 316 g/mol. The minimum Gasteiger partial charge on any atom is -0.444 e. The smallest absolute Gasteiger partial charge is 0.407 e. The summed E-state index contributed by atoms with van der Waals surface area (Å²) in [6.45, 7) is 6.80. The number of alkyl carbamates (subject to hydrolysis) is 1. The van der Waals surface area contributed by atoms with E-state index >= 15 is 0 Å². The number of carbonyl (C=O) groups excluding carboxylic acids is 1. The SMILES string of the molecule is CC(C)(C)OC(=O)NCCCNc1ccnc2c(N)cccc12. The average Bonchev–Trinajstić information content (AvgIpc) is 2.46. The summed E-state index contributed by atoms with van der Waals surface area (Å²) in [4.78, 5) is 15.8. The maximum Gasteiger partial charge on any atom is 0.407 e. The molecule has 0 unspecified atom stereocenters. The van der Waals surface area contributed by atoms with Crippen LogP contribution in [0.25, 0.3) is 10.9 Å². The summed E-state index contributed by atoms with van der Waals surface area (Å²) < 4.78 is 5.18. The molecule has 0 aliphatic heterocycles. The van der Waals surface area contributed by atoms with Crippen molar-refractivity contribution < 1.29 is 9.53 Å². The van der Waals surface area contributed by atoms with Gasteiger partial charge in [0, 0.05) is 30.4 Å². The van der Waals surface area contributed by atoms with Crippen LogP contribution in [0.15, 0.2) is 30.5 Å². The molecule has 0 aliphatic rings. The highest BCUT2D eigenvalue weighted by Gasteiger charge is 2.15. The molecule has 6 nitrogen and oxygen atoms in total. The van der Waals surface area contributed by atoms with Gasteiger partial charge in [-0.1, -0.05) is 12.1 Å². The van der Waals surface area contributed by atoms with Crippen LogP contribution < -0.4 is 16.4 Å². The highest BCUT2D eigenvalue weighted by molar-refractivity contribution is 5.97. The first-order chi connectivity index (χ1) is 10.9. The third-order valence-corrected chi connectivity index (χ3v) is 3.14. The molecule has 4 N–H and O–H groups in total. The molecule has 1 aromatic carbocycles. The van der Waals surface area contributed by atoms with Gasteiger partial charge in [0.1, 0.15) is 5.60 Å². The molecule has 2 rings (SSSR count). The number of anilines is 2. The van der Waals surface area contributed by atoms with Crippen molar-refractivity contribution in [2.24, 2.45) is 0 Å². The molecular formula is C17H24N4O2. The molecule has 6 heteroatoms. The number of nitrogens with zero attached hydrogens (tertiary/aromatic N) is 1. The van der Waals surface area contributed by atoms with Gasteiger partial charge in [0.05, 0.1) is 11.2 Å². The van der Waals surface area contributed by atoms with E-state index < -0.39 is 5.60 Å². The van der Waals surface area contributed by atoms with Crippen LogP contribution in [0.1, 0.15) is 27.2 Å². The topological polar surface area (TPSA) is 89.3 Å². The molecule has 124 valence electrons. The van der Waals surface area contributed by atoms with E-state index in [1.807, 2.05) is 45.0 Å². The van der Waals surface area contributed by atoms with Gasteiger partial charge < -0.3 is 21.1 Å². The van der Waals surface area contributed by atoms with Crippen LogP contribution in [-0.4, -0.2) is 29.8 Å². The van der Waals surface area contributed by atoms with Gasteiger partial charge in [-0.25, -0.2) is 4.79 Å². The lowest BCUT2D eigenvalue weighted by atomic mass is 10.1. The summed E-state index contributed by atoms with van der Waals surface area (Å²) in [7, 11) is 0. The minimum absolute atomic E-state index is 0.389. The lowest BCUT2D eigenvalue weighted by molar-refractivity contribution is 0.0528. The monoisotopic (exact) mass is 316 g/mol. The quantitative estimate of drug-likeness (QED) is 0.582. The number of nitrogen functional groups attached to an aromatic ring is 1. The Morgan fingerprint density at radius 2 is 2.04 bits per heavy atom. The molecule has 0 saturated heterocycles. The Hall–Kier alpha value is -2.50. The number of benzene rings is 1. The molecule has 1 heterocycles. The number of ether oxygens (including phenoxy) is 1. The van der Waals surface area contributed by atoms with Crippen molar-refractivity contribution in [1.82, 2.24) is 10.3 Å². The van der Waals surface area contributed by atoms with Gasteiger partial charge in [-0.15, -0.1) is 0 Å². The molecule has 0 atom stereocenters. The van der Waals surface area contributed by atoms with Crippen LogP contribution in [-0.2, 0) is 4.74 Å². The summed E-state index contributed by atoms with van der Waals surface area (Å²) in [5, 5.41) is 7.08. The van der Waals surface area contributed by atoms with Gasteiger partial charge in [0.25, 0.3) is 0 Å². The normalized spacial score (nSPS) is 11.3. The fraction of sp³-hybridized carbons (Fsp3) is 0.412. The summed E-state index contributed by atoms with van der Waals surface area (Å²) in [5.41, 5.74) is 7.91. The van der Waals surface area contributed by atoms with Gasteiger partial charge in [0.2, 0.25) is 0 Å².